The lowest BCUT2D eigenvalue weighted by Gasteiger charge is -2.07. The molecule has 1 aromatic carbocycles. The van der Waals surface area contributed by atoms with Gasteiger partial charge in [0, 0.05) is 6.61 Å². The largest absolute Gasteiger partial charge is 0.508 e. The Morgan fingerprint density at radius 1 is 1.14 bits per heavy atom. The van der Waals surface area contributed by atoms with Crippen LogP contribution in [0, 0.1) is 6.92 Å². The van der Waals surface area contributed by atoms with E-state index in [0.717, 1.165) is 36.8 Å². The van der Waals surface area contributed by atoms with Crippen molar-refractivity contribution in [2.75, 3.05) is 6.61 Å². The fourth-order valence-electron chi connectivity index (χ4n) is 1.60. The lowest BCUT2D eigenvalue weighted by molar-refractivity contribution is 0.283. The summed E-state index contributed by atoms with van der Waals surface area (Å²) < 4.78 is 0. The van der Waals surface area contributed by atoms with Crippen LogP contribution < -0.4 is 0 Å². The van der Waals surface area contributed by atoms with E-state index in [0.29, 0.717) is 5.75 Å². The van der Waals surface area contributed by atoms with Gasteiger partial charge >= 0.3 is 0 Å². The fraction of sp³-hybridized carbons (Fsp3) is 0.500. The third-order valence-corrected chi connectivity index (χ3v) is 2.47. The lowest BCUT2D eigenvalue weighted by Crippen LogP contribution is -1.91. The van der Waals surface area contributed by atoms with Crippen LogP contribution >= 0.6 is 0 Å². The number of aliphatic hydroxyl groups is 1. The first-order valence-corrected chi connectivity index (χ1v) is 5.14. The number of benzene rings is 1. The SMILES string of the molecule is Cc1cccc(O)c1CCCCCO. The fourth-order valence-corrected chi connectivity index (χ4v) is 1.60. The van der Waals surface area contributed by atoms with E-state index in [-0.39, 0.29) is 6.61 Å². The van der Waals surface area contributed by atoms with Gasteiger partial charge in [0.05, 0.1) is 0 Å². The second-order valence-corrected chi connectivity index (χ2v) is 3.61. The number of aromatic hydroxyl groups is 1. The summed E-state index contributed by atoms with van der Waals surface area (Å²) in [5, 5.41) is 18.2. The quantitative estimate of drug-likeness (QED) is 0.707. The Balaban J connectivity index is 2.49. The normalized spacial score (nSPS) is 10.4. The molecule has 0 aromatic heterocycles. The molecule has 78 valence electrons. The minimum absolute atomic E-state index is 0.264. The van der Waals surface area contributed by atoms with E-state index in [1.807, 2.05) is 19.1 Å². The number of rotatable bonds is 5. The summed E-state index contributed by atoms with van der Waals surface area (Å²) in [6.07, 6.45) is 3.80. The van der Waals surface area contributed by atoms with Crippen molar-refractivity contribution in [1.29, 1.82) is 0 Å². The second-order valence-electron chi connectivity index (χ2n) is 3.61. The van der Waals surface area contributed by atoms with Crippen molar-refractivity contribution >= 4 is 0 Å². The van der Waals surface area contributed by atoms with Crippen LogP contribution in [0.3, 0.4) is 0 Å². The van der Waals surface area contributed by atoms with Gasteiger partial charge in [-0.15, -0.1) is 0 Å². The van der Waals surface area contributed by atoms with Gasteiger partial charge in [0.2, 0.25) is 0 Å². The van der Waals surface area contributed by atoms with Gasteiger partial charge in [-0.2, -0.15) is 0 Å². The molecule has 0 amide bonds. The van der Waals surface area contributed by atoms with Crippen molar-refractivity contribution in [3.05, 3.63) is 29.3 Å². The molecular formula is C12H18O2. The summed E-state index contributed by atoms with van der Waals surface area (Å²) >= 11 is 0. The molecule has 0 aliphatic carbocycles. The molecule has 0 aliphatic rings. The highest BCUT2D eigenvalue weighted by molar-refractivity contribution is 5.38. The van der Waals surface area contributed by atoms with Crippen LogP contribution in [0.25, 0.3) is 0 Å². The first-order valence-electron chi connectivity index (χ1n) is 5.14. The molecule has 0 radical (unpaired) electrons. The van der Waals surface area contributed by atoms with Crippen molar-refractivity contribution in [3.63, 3.8) is 0 Å². The zero-order valence-electron chi connectivity index (χ0n) is 8.66. The average molecular weight is 194 g/mol. The van der Waals surface area contributed by atoms with Crippen LogP contribution in [0.1, 0.15) is 30.4 Å². The van der Waals surface area contributed by atoms with Crippen LogP contribution in [-0.2, 0) is 6.42 Å². The molecule has 14 heavy (non-hydrogen) atoms. The summed E-state index contributed by atoms with van der Waals surface area (Å²) in [4.78, 5) is 0. The van der Waals surface area contributed by atoms with Crippen LogP contribution in [0.4, 0.5) is 0 Å². The molecule has 0 fully saturated rings. The maximum absolute atomic E-state index is 9.60. The highest BCUT2D eigenvalue weighted by Crippen LogP contribution is 2.22. The molecule has 0 aliphatic heterocycles. The highest BCUT2D eigenvalue weighted by Gasteiger charge is 2.03. The van der Waals surface area contributed by atoms with E-state index in [1.165, 1.54) is 0 Å². The molecule has 0 spiro atoms. The first kappa shape index (κ1) is 11.1. The van der Waals surface area contributed by atoms with Gasteiger partial charge in [-0.25, -0.2) is 0 Å². The molecule has 0 unspecified atom stereocenters. The third-order valence-electron chi connectivity index (χ3n) is 2.47. The summed E-state index contributed by atoms with van der Waals surface area (Å²) in [5.74, 6) is 0.397. The number of unbranched alkanes of at least 4 members (excludes halogenated alkanes) is 2. The maximum Gasteiger partial charge on any atom is 0.119 e. The Kier molecular flexibility index (Phi) is 4.47. The summed E-state index contributed by atoms with van der Waals surface area (Å²) in [6.45, 7) is 2.28. The molecule has 0 bridgehead atoms. The molecule has 0 heterocycles. The van der Waals surface area contributed by atoms with Gasteiger partial charge in [-0.05, 0) is 43.4 Å². The minimum Gasteiger partial charge on any atom is -0.508 e. The van der Waals surface area contributed by atoms with Crippen LogP contribution in [0.5, 0.6) is 5.75 Å². The van der Waals surface area contributed by atoms with Crippen molar-refractivity contribution < 1.29 is 10.2 Å². The zero-order valence-corrected chi connectivity index (χ0v) is 8.66. The summed E-state index contributed by atoms with van der Waals surface area (Å²) in [7, 11) is 0. The van der Waals surface area contributed by atoms with Gasteiger partial charge in [0.15, 0.2) is 0 Å². The molecule has 0 saturated carbocycles. The smallest absolute Gasteiger partial charge is 0.119 e. The van der Waals surface area contributed by atoms with Crippen LogP contribution in [0.15, 0.2) is 18.2 Å². The predicted octanol–water partition coefficient (Wildman–Crippen LogP) is 2.41. The monoisotopic (exact) mass is 194 g/mol. The second kappa shape index (κ2) is 5.66. The molecule has 0 saturated heterocycles. The lowest BCUT2D eigenvalue weighted by atomic mass is 10.0. The Bertz CT molecular complexity index is 261. The maximum atomic E-state index is 9.60. The zero-order chi connectivity index (χ0) is 10.4. The van der Waals surface area contributed by atoms with Gasteiger partial charge in [0.25, 0.3) is 0 Å². The van der Waals surface area contributed by atoms with E-state index < -0.39 is 0 Å². The number of phenols is 1. The third kappa shape index (κ3) is 3.04. The van der Waals surface area contributed by atoms with Gasteiger partial charge in [-0.1, -0.05) is 18.6 Å². The van der Waals surface area contributed by atoms with Crippen molar-refractivity contribution in [2.24, 2.45) is 0 Å². The van der Waals surface area contributed by atoms with E-state index in [2.05, 4.69) is 0 Å². The summed E-state index contributed by atoms with van der Waals surface area (Å²) in [6, 6.07) is 5.61. The first-order chi connectivity index (χ1) is 6.75. The number of aryl methyl sites for hydroxylation is 1. The average Bonchev–Trinajstić information content (AvgIpc) is 2.16. The van der Waals surface area contributed by atoms with Crippen molar-refractivity contribution in [2.45, 2.75) is 32.6 Å². The van der Waals surface area contributed by atoms with E-state index in [4.69, 9.17) is 5.11 Å². The highest BCUT2D eigenvalue weighted by atomic mass is 16.3. The molecule has 2 nitrogen and oxygen atoms in total. The standard InChI is InChI=1S/C12H18O2/c1-10-6-5-8-12(14)11(10)7-3-2-4-9-13/h5-6,8,13-14H,2-4,7,9H2,1H3. The predicted molar refractivity (Wildman–Crippen MR) is 57.5 cm³/mol. The Morgan fingerprint density at radius 2 is 1.93 bits per heavy atom. The van der Waals surface area contributed by atoms with E-state index >= 15 is 0 Å². The van der Waals surface area contributed by atoms with Gasteiger partial charge < -0.3 is 10.2 Å². The van der Waals surface area contributed by atoms with Crippen LogP contribution in [0.2, 0.25) is 0 Å². The minimum atomic E-state index is 0.264. The van der Waals surface area contributed by atoms with Gasteiger partial charge in [0.1, 0.15) is 5.75 Å². The van der Waals surface area contributed by atoms with Crippen molar-refractivity contribution in [1.82, 2.24) is 0 Å². The molecular weight excluding hydrogens is 176 g/mol. The molecule has 0 atom stereocenters. The Hall–Kier alpha value is -1.02. The number of aliphatic hydroxyl groups excluding tert-OH is 1. The number of hydrogen-bond acceptors (Lipinski definition) is 2. The molecule has 2 N–H and O–H groups in total. The summed E-state index contributed by atoms with van der Waals surface area (Å²) in [5.41, 5.74) is 2.19. The van der Waals surface area contributed by atoms with Crippen molar-refractivity contribution in [3.8, 4) is 5.75 Å². The Morgan fingerprint density at radius 3 is 2.57 bits per heavy atom. The van der Waals surface area contributed by atoms with Gasteiger partial charge in [-0.3, -0.25) is 0 Å². The Labute approximate surface area is 85.2 Å². The number of hydrogen-bond donors (Lipinski definition) is 2. The number of phenolic OH excluding ortho intramolecular Hbond substituents is 1. The van der Waals surface area contributed by atoms with Crippen LogP contribution in [-0.4, -0.2) is 16.8 Å². The topological polar surface area (TPSA) is 40.5 Å². The van der Waals surface area contributed by atoms with E-state index in [9.17, 15) is 5.11 Å². The molecule has 1 aromatic rings. The molecule has 1 rings (SSSR count). The molecule has 2 heteroatoms. The van der Waals surface area contributed by atoms with E-state index in [1.54, 1.807) is 6.07 Å².